The van der Waals surface area contributed by atoms with Crippen LogP contribution in [0.25, 0.3) is 0 Å². The van der Waals surface area contributed by atoms with Gasteiger partial charge in [0.05, 0.1) is 15.9 Å². The Labute approximate surface area is 139 Å². The molecule has 0 aromatic heterocycles. The number of nitrogens with one attached hydrogen (secondary N) is 1. The van der Waals surface area contributed by atoms with Crippen molar-refractivity contribution in [2.75, 3.05) is 13.1 Å². The second-order valence-electron chi connectivity index (χ2n) is 5.36. The van der Waals surface area contributed by atoms with Crippen molar-refractivity contribution in [1.82, 2.24) is 9.62 Å². The number of amides is 1. The first-order valence-electron chi connectivity index (χ1n) is 7.25. The molecule has 0 unspecified atom stereocenters. The number of non-ortho nitro benzene ring substituents is 1. The molecule has 0 atom stereocenters. The standard InChI is InChI=1S/C14H16N4O5S/c15-8-5-14(19)17-9-6-11(7-10-17)16-24(22,23)13-3-1-12(2-4-13)18(20)21/h1-4,11,16H,5-7,9-10H2. The third-order valence-corrected chi connectivity index (χ3v) is 5.29. The molecule has 0 spiro atoms. The Morgan fingerprint density at radius 3 is 2.42 bits per heavy atom. The van der Waals surface area contributed by atoms with Crippen molar-refractivity contribution in [1.29, 1.82) is 5.26 Å². The van der Waals surface area contributed by atoms with Crippen LogP contribution in [0, 0.1) is 21.4 Å². The van der Waals surface area contributed by atoms with Crippen molar-refractivity contribution in [2.24, 2.45) is 0 Å². The maximum atomic E-state index is 12.3. The van der Waals surface area contributed by atoms with E-state index >= 15 is 0 Å². The van der Waals surface area contributed by atoms with Crippen LogP contribution in [0.5, 0.6) is 0 Å². The highest BCUT2D eigenvalue weighted by Gasteiger charge is 2.26. The Bertz CT molecular complexity index is 761. The molecule has 1 N–H and O–H groups in total. The summed E-state index contributed by atoms with van der Waals surface area (Å²) in [7, 11) is -3.78. The highest BCUT2D eigenvalue weighted by molar-refractivity contribution is 7.89. The summed E-state index contributed by atoms with van der Waals surface area (Å²) in [5.74, 6) is -0.255. The molecule has 0 bridgehead atoms. The van der Waals surface area contributed by atoms with Gasteiger partial charge in [-0.25, -0.2) is 13.1 Å². The minimum atomic E-state index is -3.78. The van der Waals surface area contributed by atoms with Crippen LogP contribution in [0.3, 0.4) is 0 Å². The van der Waals surface area contributed by atoms with Gasteiger partial charge in [-0.2, -0.15) is 5.26 Å². The molecule has 0 aliphatic carbocycles. The fourth-order valence-electron chi connectivity index (χ4n) is 2.46. The number of hydrogen-bond donors (Lipinski definition) is 1. The Morgan fingerprint density at radius 2 is 1.92 bits per heavy atom. The van der Waals surface area contributed by atoms with Gasteiger partial charge < -0.3 is 4.90 Å². The van der Waals surface area contributed by atoms with Crippen LogP contribution in [-0.2, 0) is 14.8 Å². The molecule has 1 saturated heterocycles. The lowest BCUT2D eigenvalue weighted by molar-refractivity contribution is -0.384. The van der Waals surface area contributed by atoms with Crippen molar-refractivity contribution in [3.05, 3.63) is 34.4 Å². The molecule has 9 nitrogen and oxygen atoms in total. The van der Waals surface area contributed by atoms with Crippen LogP contribution in [-0.4, -0.2) is 43.3 Å². The predicted octanol–water partition coefficient (Wildman–Crippen LogP) is 0.778. The summed E-state index contributed by atoms with van der Waals surface area (Å²) in [6, 6.07) is 6.12. The first kappa shape index (κ1) is 17.8. The zero-order chi connectivity index (χ0) is 17.7. The van der Waals surface area contributed by atoms with Crippen LogP contribution >= 0.6 is 0 Å². The average Bonchev–Trinajstić information content (AvgIpc) is 2.55. The smallest absolute Gasteiger partial charge is 0.269 e. The summed E-state index contributed by atoms with van der Waals surface area (Å²) in [6.45, 7) is 0.766. The molecule has 1 aliphatic heterocycles. The zero-order valence-corrected chi connectivity index (χ0v) is 13.5. The lowest BCUT2D eigenvalue weighted by atomic mass is 10.1. The molecule has 0 saturated carbocycles. The molecular weight excluding hydrogens is 336 g/mol. The number of benzene rings is 1. The number of hydrogen-bond acceptors (Lipinski definition) is 6. The number of nitriles is 1. The molecule has 10 heteroatoms. The molecule has 1 fully saturated rings. The van der Waals surface area contributed by atoms with Crippen LogP contribution < -0.4 is 4.72 Å². The van der Waals surface area contributed by atoms with E-state index in [0.717, 1.165) is 12.1 Å². The van der Waals surface area contributed by atoms with E-state index in [1.807, 2.05) is 0 Å². The van der Waals surface area contributed by atoms with Gasteiger partial charge in [-0.1, -0.05) is 0 Å². The van der Waals surface area contributed by atoms with Gasteiger partial charge >= 0.3 is 0 Å². The molecule has 24 heavy (non-hydrogen) atoms. The molecule has 128 valence electrons. The minimum absolute atomic E-state index is 0.0453. The highest BCUT2D eigenvalue weighted by atomic mass is 32.2. The molecule has 1 aliphatic rings. The van der Waals surface area contributed by atoms with Crippen molar-refractivity contribution >= 4 is 21.6 Å². The van der Waals surface area contributed by atoms with E-state index < -0.39 is 14.9 Å². The Balaban J connectivity index is 1.97. The van der Waals surface area contributed by atoms with Gasteiger partial charge in [-0.3, -0.25) is 14.9 Å². The largest absolute Gasteiger partial charge is 0.342 e. The Kier molecular flexibility index (Phi) is 5.48. The third-order valence-electron chi connectivity index (χ3n) is 3.76. The van der Waals surface area contributed by atoms with Gasteiger partial charge in [-0.05, 0) is 25.0 Å². The number of nitro benzene ring substituents is 1. The van der Waals surface area contributed by atoms with Crippen molar-refractivity contribution < 1.29 is 18.1 Å². The molecule has 1 amide bonds. The number of sulfonamides is 1. The van der Waals surface area contributed by atoms with Crippen molar-refractivity contribution in [3.8, 4) is 6.07 Å². The molecule has 1 heterocycles. The Morgan fingerprint density at radius 1 is 1.33 bits per heavy atom. The lowest BCUT2D eigenvalue weighted by Crippen LogP contribution is -2.46. The van der Waals surface area contributed by atoms with Gasteiger partial charge in [0.1, 0.15) is 6.42 Å². The summed E-state index contributed by atoms with van der Waals surface area (Å²) in [4.78, 5) is 23.1. The summed E-state index contributed by atoms with van der Waals surface area (Å²) in [5.41, 5.74) is -0.182. The van der Waals surface area contributed by atoms with Gasteiger partial charge in [0.15, 0.2) is 0 Å². The van der Waals surface area contributed by atoms with E-state index in [4.69, 9.17) is 5.26 Å². The van der Waals surface area contributed by atoms with E-state index in [0.29, 0.717) is 25.9 Å². The molecular formula is C14H16N4O5S. The van der Waals surface area contributed by atoms with Gasteiger partial charge in [0.25, 0.3) is 5.69 Å². The fourth-order valence-corrected chi connectivity index (χ4v) is 3.77. The van der Waals surface area contributed by atoms with E-state index in [1.165, 1.54) is 12.1 Å². The quantitative estimate of drug-likeness (QED) is 0.615. The van der Waals surface area contributed by atoms with Crippen LogP contribution in [0.1, 0.15) is 19.3 Å². The average molecular weight is 352 g/mol. The van der Waals surface area contributed by atoms with E-state index in [-0.39, 0.29) is 29.0 Å². The number of carbonyl (C=O) groups is 1. The fraction of sp³-hybridized carbons (Fsp3) is 0.429. The van der Waals surface area contributed by atoms with Crippen LogP contribution in [0.4, 0.5) is 5.69 Å². The molecule has 1 aromatic carbocycles. The predicted molar refractivity (Wildman–Crippen MR) is 83.2 cm³/mol. The van der Waals surface area contributed by atoms with Crippen LogP contribution in [0.15, 0.2) is 29.2 Å². The SMILES string of the molecule is N#CCC(=O)N1CCC(NS(=O)(=O)c2ccc([N+](=O)[O-])cc2)CC1. The molecule has 0 radical (unpaired) electrons. The van der Waals surface area contributed by atoms with Crippen molar-refractivity contribution in [3.63, 3.8) is 0 Å². The minimum Gasteiger partial charge on any atom is -0.342 e. The zero-order valence-electron chi connectivity index (χ0n) is 12.7. The van der Waals surface area contributed by atoms with Gasteiger partial charge in [-0.15, -0.1) is 0 Å². The second-order valence-corrected chi connectivity index (χ2v) is 7.08. The van der Waals surface area contributed by atoms with Crippen molar-refractivity contribution in [2.45, 2.75) is 30.2 Å². The Hall–Kier alpha value is -2.51. The van der Waals surface area contributed by atoms with E-state index in [1.54, 1.807) is 11.0 Å². The second kappa shape index (κ2) is 7.37. The molecule has 1 aromatic rings. The lowest BCUT2D eigenvalue weighted by Gasteiger charge is -2.31. The summed E-state index contributed by atoms with van der Waals surface area (Å²) < 4.78 is 27.1. The maximum absolute atomic E-state index is 12.3. The van der Waals surface area contributed by atoms with Gasteiger partial charge in [0.2, 0.25) is 15.9 Å². The van der Waals surface area contributed by atoms with E-state index in [2.05, 4.69) is 4.72 Å². The topological polar surface area (TPSA) is 133 Å². The summed E-state index contributed by atoms with van der Waals surface area (Å²) in [6.07, 6.45) is 0.714. The number of nitrogens with zero attached hydrogens (tertiary/aromatic N) is 3. The maximum Gasteiger partial charge on any atom is 0.269 e. The number of likely N-dealkylation sites (tertiary alicyclic amines) is 1. The first-order valence-corrected chi connectivity index (χ1v) is 8.73. The summed E-state index contributed by atoms with van der Waals surface area (Å²) in [5, 5.41) is 19.1. The monoisotopic (exact) mass is 352 g/mol. The number of piperidine rings is 1. The number of nitro groups is 1. The number of carbonyl (C=O) groups excluding carboxylic acids is 1. The third kappa shape index (κ3) is 4.27. The van der Waals surface area contributed by atoms with Gasteiger partial charge in [0, 0.05) is 31.3 Å². The highest BCUT2D eigenvalue weighted by Crippen LogP contribution is 2.18. The number of rotatable bonds is 5. The molecule has 2 rings (SSSR count). The summed E-state index contributed by atoms with van der Waals surface area (Å²) >= 11 is 0. The normalized spacial score (nSPS) is 15.7. The van der Waals surface area contributed by atoms with E-state index in [9.17, 15) is 23.3 Å². The first-order chi connectivity index (χ1) is 11.3. The van der Waals surface area contributed by atoms with Crippen LogP contribution in [0.2, 0.25) is 0 Å².